The molecule has 1 aliphatic heterocycles. The van der Waals surface area contributed by atoms with Gasteiger partial charge in [0.05, 0.1) is 0 Å². The molecule has 1 unspecified atom stereocenters. The Kier molecular flexibility index (Phi) is 1.38. The van der Waals surface area contributed by atoms with E-state index in [0.29, 0.717) is 5.56 Å². The lowest BCUT2D eigenvalue weighted by molar-refractivity contribution is -0.0823. The molecule has 1 aromatic rings. The van der Waals surface area contributed by atoms with Gasteiger partial charge in [-0.2, -0.15) is 0 Å². The van der Waals surface area contributed by atoms with Crippen molar-refractivity contribution in [2.75, 3.05) is 0 Å². The van der Waals surface area contributed by atoms with E-state index in [0.717, 1.165) is 0 Å². The minimum absolute atomic E-state index is 0.176. The molecule has 1 aromatic carbocycles. The van der Waals surface area contributed by atoms with Crippen LogP contribution in [0.25, 0.3) is 0 Å². The van der Waals surface area contributed by atoms with Crippen molar-refractivity contribution >= 4 is 5.91 Å². The van der Waals surface area contributed by atoms with Crippen LogP contribution in [0.5, 0.6) is 0 Å². The van der Waals surface area contributed by atoms with E-state index in [1.807, 2.05) is 0 Å². The summed E-state index contributed by atoms with van der Waals surface area (Å²) in [5.74, 6) is -0.780. The molecule has 0 aromatic heterocycles. The fourth-order valence-corrected chi connectivity index (χ4v) is 1.27. The number of hydrogen-bond acceptors (Lipinski definition) is 2. The van der Waals surface area contributed by atoms with Gasteiger partial charge in [0, 0.05) is 11.1 Å². The second-order valence-corrected chi connectivity index (χ2v) is 2.58. The lowest BCUT2D eigenvalue weighted by Crippen LogP contribution is -2.17. The standard InChI is InChI=1S/C8H6FNO2/c9-10-7(11)5-3-1-2-4-6(5)8(10)12/h1-4,7,11H. The summed E-state index contributed by atoms with van der Waals surface area (Å²) < 4.78 is 12.7. The highest BCUT2D eigenvalue weighted by molar-refractivity contribution is 5.98. The molecule has 1 heterocycles. The Morgan fingerprint density at radius 1 is 1.42 bits per heavy atom. The zero-order chi connectivity index (χ0) is 8.72. The third-order valence-corrected chi connectivity index (χ3v) is 1.88. The van der Waals surface area contributed by atoms with Gasteiger partial charge >= 0.3 is 0 Å². The molecule has 0 saturated heterocycles. The van der Waals surface area contributed by atoms with E-state index in [1.165, 1.54) is 12.1 Å². The number of carbonyl (C=O) groups is 1. The summed E-state index contributed by atoms with van der Waals surface area (Å²) in [5.41, 5.74) is 0.553. The molecule has 0 radical (unpaired) electrons. The molecule has 0 fully saturated rings. The quantitative estimate of drug-likeness (QED) is 0.586. The average molecular weight is 167 g/mol. The van der Waals surface area contributed by atoms with Gasteiger partial charge < -0.3 is 5.11 Å². The van der Waals surface area contributed by atoms with Gasteiger partial charge in [0.25, 0.3) is 5.91 Å². The van der Waals surface area contributed by atoms with Gasteiger partial charge in [-0.25, -0.2) is 0 Å². The fraction of sp³-hybridized carbons (Fsp3) is 0.125. The molecule has 62 valence electrons. The number of hydrogen-bond donors (Lipinski definition) is 1. The molecule has 12 heavy (non-hydrogen) atoms. The first-order chi connectivity index (χ1) is 5.72. The molecule has 3 nitrogen and oxygen atoms in total. The van der Waals surface area contributed by atoms with Crippen LogP contribution in [0, 0.1) is 0 Å². The van der Waals surface area contributed by atoms with Gasteiger partial charge in [-0.05, 0) is 6.07 Å². The van der Waals surface area contributed by atoms with Gasteiger partial charge in [-0.3, -0.25) is 4.79 Å². The summed E-state index contributed by atoms with van der Waals surface area (Å²) in [5, 5.41) is 8.97. The summed E-state index contributed by atoms with van der Waals surface area (Å²) in [7, 11) is 0. The predicted octanol–water partition coefficient (Wildman–Crippen LogP) is 1.02. The van der Waals surface area contributed by atoms with E-state index in [9.17, 15) is 9.28 Å². The van der Waals surface area contributed by atoms with Crippen LogP contribution >= 0.6 is 0 Å². The van der Waals surface area contributed by atoms with Crippen LogP contribution in [0.2, 0.25) is 0 Å². The second kappa shape index (κ2) is 2.28. The number of carbonyl (C=O) groups excluding carboxylic acids is 1. The summed E-state index contributed by atoms with van der Waals surface area (Å²) in [6, 6.07) is 6.29. The summed E-state index contributed by atoms with van der Waals surface area (Å²) in [6.45, 7) is 0. The van der Waals surface area contributed by atoms with Crippen molar-refractivity contribution in [1.82, 2.24) is 5.12 Å². The van der Waals surface area contributed by atoms with Crippen LogP contribution in [0.3, 0.4) is 0 Å². The maximum Gasteiger partial charge on any atom is 0.284 e. The molecule has 1 amide bonds. The van der Waals surface area contributed by atoms with Crippen LogP contribution in [0.4, 0.5) is 4.48 Å². The summed E-state index contributed by atoms with van der Waals surface area (Å²) in [4.78, 5) is 11.0. The Morgan fingerprint density at radius 2 is 2.08 bits per heavy atom. The lowest BCUT2D eigenvalue weighted by atomic mass is 10.1. The van der Waals surface area contributed by atoms with Crippen molar-refractivity contribution in [2.45, 2.75) is 6.23 Å². The van der Waals surface area contributed by atoms with Gasteiger partial charge in [0.1, 0.15) is 0 Å². The average Bonchev–Trinajstić information content (AvgIpc) is 2.33. The number of aliphatic hydroxyl groups is 1. The third-order valence-electron chi connectivity index (χ3n) is 1.88. The molecular formula is C8H6FNO2. The van der Waals surface area contributed by atoms with Crippen LogP contribution < -0.4 is 0 Å². The molecule has 0 bridgehead atoms. The molecule has 1 aliphatic rings. The maximum atomic E-state index is 12.7. The SMILES string of the molecule is O=C1c2ccccc2C(O)N1F. The first-order valence-electron chi connectivity index (χ1n) is 3.48. The van der Waals surface area contributed by atoms with E-state index < -0.39 is 12.1 Å². The molecule has 0 aliphatic carbocycles. The summed E-state index contributed by atoms with van der Waals surface area (Å²) >= 11 is 0. The van der Waals surface area contributed by atoms with Crippen molar-refractivity contribution in [2.24, 2.45) is 0 Å². The number of rotatable bonds is 0. The Hall–Kier alpha value is -1.42. The van der Waals surface area contributed by atoms with E-state index >= 15 is 0 Å². The number of fused-ring (bicyclic) bond motifs is 1. The monoisotopic (exact) mass is 167 g/mol. The van der Waals surface area contributed by atoms with Crippen molar-refractivity contribution in [1.29, 1.82) is 0 Å². The topological polar surface area (TPSA) is 40.5 Å². The lowest BCUT2D eigenvalue weighted by Gasteiger charge is -2.07. The highest BCUT2D eigenvalue weighted by Crippen LogP contribution is 2.30. The highest BCUT2D eigenvalue weighted by Gasteiger charge is 2.35. The van der Waals surface area contributed by atoms with Crippen LogP contribution in [0.15, 0.2) is 24.3 Å². The third kappa shape index (κ3) is 0.753. The van der Waals surface area contributed by atoms with Crippen molar-refractivity contribution in [3.8, 4) is 0 Å². The smallest absolute Gasteiger partial charge is 0.284 e. The largest absolute Gasteiger partial charge is 0.367 e. The maximum absolute atomic E-state index is 12.7. The number of halogens is 1. The molecule has 0 saturated carbocycles. The molecule has 1 atom stereocenters. The zero-order valence-electron chi connectivity index (χ0n) is 6.07. The molecule has 0 spiro atoms. The van der Waals surface area contributed by atoms with E-state index in [2.05, 4.69) is 0 Å². The number of amides is 1. The van der Waals surface area contributed by atoms with Crippen LogP contribution in [-0.4, -0.2) is 16.1 Å². The minimum atomic E-state index is -1.44. The fourth-order valence-electron chi connectivity index (χ4n) is 1.27. The molecule has 2 rings (SSSR count). The van der Waals surface area contributed by atoms with Gasteiger partial charge in [0.15, 0.2) is 6.23 Å². The Bertz CT molecular complexity index is 340. The predicted molar refractivity (Wildman–Crippen MR) is 38.7 cm³/mol. The van der Waals surface area contributed by atoms with Crippen molar-refractivity contribution in [3.05, 3.63) is 35.4 Å². The normalized spacial score (nSPS) is 21.3. The van der Waals surface area contributed by atoms with E-state index in [1.54, 1.807) is 12.1 Å². The minimum Gasteiger partial charge on any atom is -0.367 e. The number of nitrogens with zero attached hydrogens (tertiary/aromatic N) is 1. The molecule has 4 heteroatoms. The molecule has 1 N–H and O–H groups in total. The first-order valence-corrected chi connectivity index (χ1v) is 3.48. The zero-order valence-corrected chi connectivity index (χ0v) is 6.07. The summed E-state index contributed by atoms with van der Waals surface area (Å²) in [6.07, 6.45) is -1.44. The highest BCUT2D eigenvalue weighted by atomic mass is 19.2. The number of aliphatic hydroxyl groups excluding tert-OH is 1. The first kappa shape index (κ1) is 7.24. The van der Waals surface area contributed by atoms with Gasteiger partial charge in [-0.15, -0.1) is 5.12 Å². The van der Waals surface area contributed by atoms with Crippen LogP contribution in [0.1, 0.15) is 22.1 Å². The van der Waals surface area contributed by atoms with E-state index in [-0.39, 0.29) is 10.7 Å². The van der Waals surface area contributed by atoms with Crippen molar-refractivity contribution in [3.63, 3.8) is 0 Å². The van der Waals surface area contributed by atoms with Crippen LogP contribution in [-0.2, 0) is 0 Å². The second-order valence-electron chi connectivity index (χ2n) is 2.58. The Labute approximate surface area is 68.0 Å². The van der Waals surface area contributed by atoms with Crippen molar-refractivity contribution < 1.29 is 14.4 Å². The van der Waals surface area contributed by atoms with E-state index in [4.69, 9.17) is 5.11 Å². The Balaban J connectivity index is 2.59. The Morgan fingerprint density at radius 3 is 2.75 bits per heavy atom. The van der Waals surface area contributed by atoms with Gasteiger partial charge in [-0.1, -0.05) is 22.7 Å². The number of benzene rings is 1. The molecular weight excluding hydrogens is 161 g/mol. The van der Waals surface area contributed by atoms with Gasteiger partial charge in [0.2, 0.25) is 0 Å².